The minimum absolute atomic E-state index is 0. The number of aliphatic imine (C=N–C) groups is 1. The van der Waals surface area contributed by atoms with Crippen LogP contribution < -0.4 is 41.8 Å². The van der Waals surface area contributed by atoms with Crippen LogP contribution in [0.3, 0.4) is 0 Å². The van der Waals surface area contributed by atoms with Gasteiger partial charge >= 0.3 is 6.09 Å². The second-order valence-corrected chi connectivity index (χ2v) is 20.5. The molecule has 7 N–H and O–H groups in total. The van der Waals surface area contributed by atoms with E-state index in [9.17, 15) is 19.2 Å². The van der Waals surface area contributed by atoms with E-state index in [1.165, 1.54) is 0 Å². The minimum Gasteiger partial charge on any atom is -0.493 e. The average Bonchev–Trinajstić information content (AvgIpc) is 3.88. The zero-order chi connectivity index (χ0) is 53.9. The topological polar surface area (TPSA) is 221 Å². The maximum Gasteiger partial charge on any atom is 0.407 e. The van der Waals surface area contributed by atoms with Crippen molar-refractivity contribution in [3.8, 4) is 33.9 Å². The van der Waals surface area contributed by atoms with Gasteiger partial charge in [0.25, 0.3) is 5.91 Å². The van der Waals surface area contributed by atoms with Gasteiger partial charge in [-0.1, -0.05) is 119 Å². The highest BCUT2D eigenvalue weighted by Gasteiger charge is 2.30. The Morgan fingerprint density at radius 1 is 0.662 bits per heavy atom. The maximum atomic E-state index is 14.6. The number of guanidine groups is 1. The number of hydrogen-bond acceptors (Lipinski definition) is 10. The quantitative estimate of drug-likeness (QED) is 0.0170. The van der Waals surface area contributed by atoms with Crippen LogP contribution in [0.2, 0.25) is 0 Å². The molecule has 6 aromatic rings. The molecule has 5 aromatic carbocycles. The molecule has 0 aliphatic carbocycles. The highest BCUT2D eigenvalue weighted by molar-refractivity contribution is 7.59. The third kappa shape index (κ3) is 19.2. The summed E-state index contributed by atoms with van der Waals surface area (Å²) in [7, 11) is 1.57. The first-order valence-electron chi connectivity index (χ1n) is 26.1. The molecule has 0 bridgehead atoms. The van der Waals surface area contributed by atoms with Gasteiger partial charge in [0.15, 0.2) is 18.3 Å². The number of aromatic nitrogens is 1. The smallest absolute Gasteiger partial charge is 0.407 e. The van der Waals surface area contributed by atoms with Crippen LogP contribution in [0.5, 0.6) is 11.5 Å². The SMILES string of the molecule is CN=C(N)NCCC[C@@H](NC(=O)[C@@H](CCCCNC(=O)OC(C)(C)C)NC(=O)COc1ccc2ccccc2c1-c1c(OCCC(C)C)ccc2ccccc12)C(=O)N[C@@H](CC(C)C)c1ncc(-c2ccccc2)o1.S.S. The van der Waals surface area contributed by atoms with Crippen molar-refractivity contribution in [1.82, 2.24) is 31.6 Å². The van der Waals surface area contributed by atoms with Crippen molar-refractivity contribution < 1.29 is 37.8 Å². The summed E-state index contributed by atoms with van der Waals surface area (Å²) in [4.78, 5) is 64.3. The van der Waals surface area contributed by atoms with Gasteiger partial charge in [0, 0.05) is 36.8 Å². The summed E-state index contributed by atoms with van der Waals surface area (Å²) in [6.07, 6.45) is 4.16. The van der Waals surface area contributed by atoms with Crippen LogP contribution in [0.15, 0.2) is 119 Å². The molecule has 0 aliphatic heterocycles. The fraction of sp³-hybridized carbons (Fsp3) is 0.424. The number of hydrogen-bond donors (Lipinski definition) is 6. The Morgan fingerprint density at radius 3 is 1.84 bits per heavy atom. The summed E-state index contributed by atoms with van der Waals surface area (Å²) in [5.41, 5.74) is 7.71. The molecule has 3 atom stereocenters. The number of fused-ring (bicyclic) bond motifs is 2. The van der Waals surface area contributed by atoms with Gasteiger partial charge < -0.3 is 50.9 Å². The normalized spacial score (nSPS) is 12.7. The maximum absolute atomic E-state index is 14.6. The van der Waals surface area contributed by atoms with Gasteiger partial charge in [-0.05, 0) is 111 Å². The van der Waals surface area contributed by atoms with Crippen molar-refractivity contribution in [2.24, 2.45) is 22.6 Å². The fourth-order valence-electron chi connectivity index (χ4n) is 8.58. The Hall–Kier alpha value is -6.92. The molecule has 0 unspecified atom stereocenters. The molecular formula is C59H80N8O8S2. The molecule has 0 spiro atoms. The molecule has 16 nitrogen and oxygen atoms in total. The molecule has 0 saturated carbocycles. The van der Waals surface area contributed by atoms with Crippen LogP contribution in [-0.2, 0) is 19.1 Å². The molecule has 6 rings (SSSR count). The Morgan fingerprint density at radius 2 is 1.23 bits per heavy atom. The fourth-order valence-corrected chi connectivity index (χ4v) is 8.58. The van der Waals surface area contributed by atoms with Crippen molar-refractivity contribution in [3.63, 3.8) is 0 Å². The zero-order valence-electron chi connectivity index (χ0n) is 45.8. The first-order chi connectivity index (χ1) is 36.0. The summed E-state index contributed by atoms with van der Waals surface area (Å²) >= 11 is 0. The van der Waals surface area contributed by atoms with Crippen molar-refractivity contribution in [2.45, 2.75) is 117 Å². The van der Waals surface area contributed by atoms with E-state index in [-0.39, 0.29) is 58.3 Å². The van der Waals surface area contributed by atoms with E-state index in [0.29, 0.717) is 67.9 Å². The number of nitrogens with two attached hydrogens (primary N) is 1. The Balaban J connectivity index is 0.00000640. The summed E-state index contributed by atoms with van der Waals surface area (Å²) in [6, 6.07) is 30.8. The molecule has 0 aliphatic rings. The number of oxazole rings is 1. The molecule has 4 amide bonds. The summed E-state index contributed by atoms with van der Waals surface area (Å²) in [5, 5.41) is 18.7. The van der Waals surface area contributed by atoms with Crippen molar-refractivity contribution in [3.05, 3.63) is 115 Å². The Kier molecular flexibility index (Phi) is 25.0. The monoisotopic (exact) mass is 1090 g/mol. The number of alkyl carbamates (subject to hydrolysis) is 1. The first-order valence-corrected chi connectivity index (χ1v) is 26.1. The number of nitrogens with zero attached hydrogens (tertiary/aromatic N) is 2. The van der Waals surface area contributed by atoms with E-state index in [0.717, 1.165) is 44.7 Å². The van der Waals surface area contributed by atoms with Crippen LogP contribution in [0.1, 0.15) is 105 Å². The second-order valence-electron chi connectivity index (χ2n) is 20.5. The van der Waals surface area contributed by atoms with Crippen LogP contribution >= 0.6 is 27.0 Å². The van der Waals surface area contributed by atoms with Gasteiger partial charge in [-0.2, -0.15) is 27.0 Å². The minimum atomic E-state index is -1.10. The highest BCUT2D eigenvalue weighted by atomic mass is 32.1. The molecule has 1 aromatic heterocycles. The molecule has 18 heteroatoms. The molecule has 416 valence electrons. The number of benzene rings is 5. The number of carbonyl (C=O) groups is 4. The largest absolute Gasteiger partial charge is 0.493 e. The van der Waals surface area contributed by atoms with Crippen molar-refractivity contribution >= 4 is 78.3 Å². The van der Waals surface area contributed by atoms with E-state index in [1.807, 2.05) is 105 Å². The lowest BCUT2D eigenvalue weighted by Gasteiger charge is -2.26. The van der Waals surface area contributed by atoms with Crippen molar-refractivity contribution in [1.29, 1.82) is 0 Å². The predicted octanol–water partition coefficient (Wildman–Crippen LogP) is 10.2. The standard InChI is InChI=1S/C59H76N8O8.2H2S/c1-38(2)31-34-72-48-29-27-40-19-12-14-23-43(40)52(48)53-44-24-15-13-20-41(44)28-30-49(53)73-37-51(68)65-45(25-16-17-32-63-58(71)75-59(5,6)7)54(69)66-46(26-18-33-62-57(60)61-8)55(70)67-47(35-39(3)4)56-64-36-50(74-56)42-21-10-9-11-22-42;;/h9-15,19-24,27-30,36,38-39,45-47H,16-18,25-26,31-35,37H2,1-8H3,(H,63,71)(H,65,68)(H,66,69)(H,67,70)(H3,60,61,62);2*1H2/t45-,46-,47+;;/m1../s1. The van der Waals surface area contributed by atoms with E-state index in [2.05, 4.69) is 62.5 Å². The molecule has 0 saturated heterocycles. The number of ether oxygens (including phenoxy) is 3. The summed E-state index contributed by atoms with van der Waals surface area (Å²) in [6.45, 7) is 14.5. The second kappa shape index (κ2) is 30.7. The lowest BCUT2D eigenvalue weighted by Crippen LogP contribution is -2.54. The third-order valence-electron chi connectivity index (χ3n) is 12.3. The van der Waals surface area contributed by atoms with E-state index in [4.69, 9.17) is 24.4 Å². The van der Waals surface area contributed by atoms with Gasteiger partial charge in [-0.15, -0.1) is 0 Å². The Bertz CT molecular complexity index is 2870. The van der Waals surface area contributed by atoms with Crippen LogP contribution in [-0.4, -0.2) is 85.8 Å². The van der Waals surface area contributed by atoms with Crippen LogP contribution in [0.25, 0.3) is 44.0 Å². The third-order valence-corrected chi connectivity index (χ3v) is 12.3. The van der Waals surface area contributed by atoms with Gasteiger partial charge in [0.1, 0.15) is 35.2 Å². The van der Waals surface area contributed by atoms with Crippen LogP contribution in [0.4, 0.5) is 4.79 Å². The predicted molar refractivity (Wildman–Crippen MR) is 317 cm³/mol. The van der Waals surface area contributed by atoms with Gasteiger partial charge in [0.05, 0.1) is 12.8 Å². The number of unbranched alkanes of at least 4 members (excludes halogenated alkanes) is 1. The summed E-state index contributed by atoms with van der Waals surface area (Å²) < 4.78 is 24.6. The molecule has 0 radical (unpaired) electrons. The van der Waals surface area contributed by atoms with Gasteiger partial charge in [0.2, 0.25) is 17.7 Å². The lowest BCUT2D eigenvalue weighted by atomic mass is 9.92. The van der Waals surface area contributed by atoms with E-state index >= 15 is 0 Å². The zero-order valence-corrected chi connectivity index (χ0v) is 47.8. The highest BCUT2D eigenvalue weighted by Crippen LogP contribution is 2.45. The number of rotatable bonds is 26. The average molecular weight is 1090 g/mol. The molecule has 0 fully saturated rings. The first kappa shape index (κ1) is 62.6. The van der Waals surface area contributed by atoms with Gasteiger partial charge in [-0.3, -0.25) is 19.4 Å². The number of amides is 4. The summed E-state index contributed by atoms with van der Waals surface area (Å²) in [5.74, 6) is 1.30. The van der Waals surface area contributed by atoms with Gasteiger partial charge in [-0.25, -0.2) is 9.78 Å². The van der Waals surface area contributed by atoms with Crippen molar-refractivity contribution in [2.75, 3.05) is 33.4 Å². The van der Waals surface area contributed by atoms with E-state index in [1.54, 1.807) is 34.0 Å². The molecule has 1 heterocycles. The molecule has 77 heavy (non-hydrogen) atoms. The van der Waals surface area contributed by atoms with E-state index < -0.39 is 54.1 Å². The van der Waals surface area contributed by atoms with Crippen LogP contribution in [0, 0.1) is 11.8 Å². The number of carbonyl (C=O) groups excluding carboxylic acids is 4. The lowest BCUT2D eigenvalue weighted by molar-refractivity contribution is -0.133. The molecular weight excluding hydrogens is 1010 g/mol. The number of nitrogens with one attached hydrogen (secondary N) is 5. The Labute approximate surface area is 467 Å².